The van der Waals surface area contributed by atoms with Gasteiger partial charge in [0.1, 0.15) is 0 Å². The normalized spacial score (nSPS) is 9.67. The maximum atomic E-state index is 11.9. The molecule has 1 aromatic rings. The molecule has 0 aliphatic heterocycles. The molecule has 2 N–H and O–H groups in total. The lowest BCUT2D eigenvalue weighted by Crippen LogP contribution is -2.26. The van der Waals surface area contributed by atoms with E-state index >= 15 is 0 Å². The molecule has 2 amide bonds. The second-order valence-corrected chi connectivity index (χ2v) is 4.73. The van der Waals surface area contributed by atoms with Crippen LogP contribution in [0.4, 0.5) is 0 Å². The fourth-order valence-corrected chi connectivity index (χ4v) is 1.88. The van der Waals surface area contributed by atoms with Crippen molar-refractivity contribution in [1.29, 1.82) is 0 Å². The molecule has 0 aliphatic carbocycles. The van der Waals surface area contributed by atoms with Crippen LogP contribution in [-0.4, -0.2) is 44.4 Å². The number of nitrogens with one attached hydrogen (secondary N) is 2. The number of hydrogen-bond donors (Lipinski definition) is 2. The summed E-state index contributed by atoms with van der Waals surface area (Å²) < 4.78 is 0. The van der Waals surface area contributed by atoms with E-state index in [2.05, 4.69) is 10.6 Å². The molecule has 0 aliphatic rings. The summed E-state index contributed by atoms with van der Waals surface area (Å²) in [4.78, 5) is 25.0. The van der Waals surface area contributed by atoms with Crippen LogP contribution in [0.25, 0.3) is 0 Å². The molecule has 0 aromatic heterocycles. The molecule has 0 heterocycles. The molecular formula is C15H24ClN3O2. The largest absolute Gasteiger partial charge is 0.355 e. The van der Waals surface area contributed by atoms with Gasteiger partial charge in [0.2, 0.25) is 5.91 Å². The molecule has 118 valence electrons. The first-order chi connectivity index (χ1) is 9.58. The van der Waals surface area contributed by atoms with E-state index in [-0.39, 0.29) is 24.2 Å². The monoisotopic (exact) mass is 313 g/mol. The van der Waals surface area contributed by atoms with E-state index in [0.29, 0.717) is 18.5 Å². The van der Waals surface area contributed by atoms with Crippen molar-refractivity contribution in [3.05, 3.63) is 35.4 Å². The van der Waals surface area contributed by atoms with Crippen LogP contribution in [0.3, 0.4) is 0 Å². The molecule has 1 aromatic carbocycles. The summed E-state index contributed by atoms with van der Waals surface area (Å²) in [6, 6.07) is 7.30. The van der Waals surface area contributed by atoms with Crippen molar-refractivity contribution in [1.82, 2.24) is 15.5 Å². The van der Waals surface area contributed by atoms with Crippen LogP contribution >= 0.6 is 12.4 Å². The molecule has 0 saturated carbocycles. The zero-order valence-corrected chi connectivity index (χ0v) is 13.6. The Morgan fingerprint density at radius 3 is 2.29 bits per heavy atom. The van der Waals surface area contributed by atoms with Gasteiger partial charge in [-0.1, -0.05) is 12.1 Å². The van der Waals surface area contributed by atoms with Crippen molar-refractivity contribution in [3.63, 3.8) is 0 Å². The molecule has 0 unspecified atom stereocenters. The Kier molecular flexibility index (Phi) is 9.41. The van der Waals surface area contributed by atoms with Crippen LogP contribution in [-0.2, 0) is 11.3 Å². The smallest absolute Gasteiger partial charge is 0.251 e. The van der Waals surface area contributed by atoms with Crippen LogP contribution in [0.5, 0.6) is 0 Å². The Labute approximate surface area is 132 Å². The number of halogens is 1. The maximum Gasteiger partial charge on any atom is 0.251 e. The first-order valence-electron chi connectivity index (χ1n) is 6.78. The van der Waals surface area contributed by atoms with Gasteiger partial charge in [-0.15, -0.1) is 12.4 Å². The van der Waals surface area contributed by atoms with Crippen LogP contribution in [0.15, 0.2) is 24.3 Å². The van der Waals surface area contributed by atoms with Gasteiger partial charge >= 0.3 is 0 Å². The van der Waals surface area contributed by atoms with Crippen LogP contribution in [0.1, 0.15) is 28.8 Å². The summed E-state index contributed by atoms with van der Waals surface area (Å²) in [6.45, 7) is 1.41. The Hall–Kier alpha value is -1.59. The van der Waals surface area contributed by atoms with Gasteiger partial charge in [0, 0.05) is 32.6 Å². The molecule has 6 heteroatoms. The van der Waals surface area contributed by atoms with Gasteiger partial charge in [-0.05, 0) is 37.7 Å². The summed E-state index contributed by atoms with van der Waals surface area (Å²) in [5.74, 6) is 0.0312. The molecule has 0 atom stereocenters. The zero-order chi connectivity index (χ0) is 15.0. The van der Waals surface area contributed by atoms with Crippen molar-refractivity contribution >= 4 is 24.2 Å². The highest BCUT2D eigenvalue weighted by atomic mass is 35.5. The molecule has 5 nitrogen and oxygen atoms in total. The SMILES string of the molecule is CNCCCC(=O)N(C)Cc1ccc(C(=O)NC)cc1.Cl. The standard InChI is InChI=1S/C15H23N3O2.ClH/c1-16-10-4-5-14(19)18(3)11-12-6-8-13(9-7-12)15(20)17-2;/h6-9,16H,4-5,10-11H2,1-3H3,(H,17,20);1H. The van der Waals surface area contributed by atoms with Gasteiger partial charge in [-0.25, -0.2) is 0 Å². The molecule has 0 spiro atoms. The minimum Gasteiger partial charge on any atom is -0.355 e. The van der Waals surface area contributed by atoms with Crippen molar-refractivity contribution in [2.45, 2.75) is 19.4 Å². The summed E-state index contributed by atoms with van der Waals surface area (Å²) >= 11 is 0. The summed E-state index contributed by atoms with van der Waals surface area (Å²) in [5, 5.41) is 5.60. The third-order valence-corrected chi connectivity index (χ3v) is 3.11. The average molecular weight is 314 g/mol. The van der Waals surface area contributed by atoms with Gasteiger partial charge in [0.05, 0.1) is 0 Å². The van der Waals surface area contributed by atoms with Crippen molar-refractivity contribution in [3.8, 4) is 0 Å². The molecule has 0 saturated heterocycles. The van der Waals surface area contributed by atoms with E-state index in [1.807, 2.05) is 19.2 Å². The van der Waals surface area contributed by atoms with E-state index < -0.39 is 0 Å². The highest BCUT2D eigenvalue weighted by molar-refractivity contribution is 5.93. The Morgan fingerprint density at radius 1 is 1.14 bits per heavy atom. The lowest BCUT2D eigenvalue weighted by molar-refractivity contribution is -0.130. The Bertz CT molecular complexity index is 449. The van der Waals surface area contributed by atoms with Crippen LogP contribution in [0.2, 0.25) is 0 Å². The van der Waals surface area contributed by atoms with Crippen molar-refractivity contribution < 1.29 is 9.59 Å². The predicted molar refractivity (Wildman–Crippen MR) is 86.7 cm³/mol. The fraction of sp³-hybridized carbons (Fsp3) is 0.467. The third-order valence-electron chi connectivity index (χ3n) is 3.11. The molecule has 0 bridgehead atoms. The second kappa shape index (κ2) is 10.2. The van der Waals surface area contributed by atoms with Gasteiger partial charge in [-0.3, -0.25) is 9.59 Å². The van der Waals surface area contributed by atoms with E-state index in [4.69, 9.17) is 0 Å². The Balaban J connectivity index is 0.00000400. The molecule has 1 rings (SSSR count). The predicted octanol–water partition coefficient (Wildman–Crippen LogP) is 1.43. The number of nitrogens with zero attached hydrogens (tertiary/aromatic N) is 1. The number of amides is 2. The minimum absolute atomic E-state index is 0. The van der Waals surface area contributed by atoms with Gasteiger partial charge in [0.25, 0.3) is 5.91 Å². The lowest BCUT2D eigenvalue weighted by atomic mass is 10.1. The summed E-state index contributed by atoms with van der Waals surface area (Å²) in [5.41, 5.74) is 1.64. The van der Waals surface area contributed by atoms with Crippen molar-refractivity contribution in [2.24, 2.45) is 0 Å². The molecule has 0 radical (unpaired) electrons. The fourth-order valence-electron chi connectivity index (χ4n) is 1.88. The maximum absolute atomic E-state index is 11.9. The summed E-state index contributed by atoms with van der Waals surface area (Å²) in [6.07, 6.45) is 1.39. The molecule has 0 fully saturated rings. The number of hydrogen-bond acceptors (Lipinski definition) is 3. The number of rotatable bonds is 7. The number of benzene rings is 1. The molecule has 21 heavy (non-hydrogen) atoms. The second-order valence-electron chi connectivity index (χ2n) is 4.73. The van der Waals surface area contributed by atoms with E-state index in [0.717, 1.165) is 18.5 Å². The quantitative estimate of drug-likeness (QED) is 0.749. The summed E-state index contributed by atoms with van der Waals surface area (Å²) in [7, 11) is 5.28. The first-order valence-corrected chi connectivity index (χ1v) is 6.78. The number of carbonyl (C=O) groups excluding carboxylic acids is 2. The van der Waals surface area contributed by atoms with Crippen molar-refractivity contribution in [2.75, 3.05) is 27.7 Å². The van der Waals surface area contributed by atoms with Crippen LogP contribution < -0.4 is 10.6 Å². The van der Waals surface area contributed by atoms with Gasteiger partial charge in [0.15, 0.2) is 0 Å². The minimum atomic E-state index is -0.104. The van der Waals surface area contributed by atoms with E-state index in [1.165, 1.54) is 0 Å². The van der Waals surface area contributed by atoms with E-state index in [1.54, 1.807) is 31.1 Å². The Morgan fingerprint density at radius 2 is 1.76 bits per heavy atom. The lowest BCUT2D eigenvalue weighted by Gasteiger charge is -2.17. The average Bonchev–Trinajstić information content (AvgIpc) is 2.47. The molecular weight excluding hydrogens is 290 g/mol. The van der Waals surface area contributed by atoms with Crippen LogP contribution in [0, 0.1) is 0 Å². The topological polar surface area (TPSA) is 61.4 Å². The zero-order valence-electron chi connectivity index (χ0n) is 12.8. The van der Waals surface area contributed by atoms with Gasteiger partial charge < -0.3 is 15.5 Å². The highest BCUT2D eigenvalue weighted by Gasteiger charge is 2.09. The van der Waals surface area contributed by atoms with E-state index in [9.17, 15) is 9.59 Å². The third kappa shape index (κ3) is 6.60. The number of carbonyl (C=O) groups is 2. The first kappa shape index (κ1) is 19.4. The van der Waals surface area contributed by atoms with Gasteiger partial charge in [-0.2, -0.15) is 0 Å². The highest BCUT2D eigenvalue weighted by Crippen LogP contribution is 2.08.